The van der Waals surface area contributed by atoms with E-state index in [0.717, 1.165) is 0 Å². The molecule has 0 aromatic heterocycles. The molecule has 0 aromatic carbocycles. The molecule has 0 saturated heterocycles. The van der Waals surface area contributed by atoms with Crippen molar-refractivity contribution in [2.45, 2.75) is 31.7 Å². The van der Waals surface area contributed by atoms with Gasteiger partial charge in [-0.1, -0.05) is 0 Å². The van der Waals surface area contributed by atoms with Gasteiger partial charge in [-0.2, -0.15) is 13.2 Å². The monoisotopic (exact) mass is 259 g/mol. The lowest BCUT2D eigenvalue weighted by molar-refractivity contribution is -0.225. The molecule has 0 bridgehead atoms. The van der Waals surface area contributed by atoms with Gasteiger partial charge in [-0.15, -0.1) is 0 Å². The van der Waals surface area contributed by atoms with Gasteiger partial charge in [0.25, 0.3) is 0 Å². The molecule has 0 aromatic rings. The fourth-order valence-electron chi connectivity index (χ4n) is 1.16. The van der Waals surface area contributed by atoms with Crippen LogP contribution in [0.15, 0.2) is 0 Å². The van der Waals surface area contributed by atoms with Crippen molar-refractivity contribution in [1.82, 2.24) is 0 Å². The second-order valence-corrected chi connectivity index (χ2v) is 3.65. The fraction of sp³-hybridized carbons (Fsp3) is 1.00. The topological polar surface area (TPSA) is 53.7 Å². The van der Waals surface area contributed by atoms with E-state index in [1.165, 1.54) is 6.92 Å². The minimum absolute atomic E-state index is 0.0291. The lowest BCUT2D eigenvalue weighted by Gasteiger charge is -2.23. The van der Waals surface area contributed by atoms with Crippen LogP contribution in [-0.4, -0.2) is 51.9 Å². The first-order valence-electron chi connectivity index (χ1n) is 5.40. The number of ether oxygens (including phenoxy) is 3. The summed E-state index contributed by atoms with van der Waals surface area (Å²) in [4.78, 5) is 0. The number of hydrogen-bond acceptors (Lipinski definition) is 4. The zero-order chi connectivity index (χ0) is 13.3. The average Bonchev–Trinajstić information content (AvgIpc) is 2.19. The van der Waals surface area contributed by atoms with Gasteiger partial charge in [-0.3, -0.25) is 0 Å². The summed E-state index contributed by atoms with van der Waals surface area (Å²) in [5, 5.41) is 0. The molecule has 7 heteroatoms. The Hall–Kier alpha value is -0.370. The van der Waals surface area contributed by atoms with Crippen molar-refractivity contribution < 1.29 is 27.4 Å². The van der Waals surface area contributed by atoms with Crippen LogP contribution >= 0.6 is 0 Å². The summed E-state index contributed by atoms with van der Waals surface area (Å²) in [7, 11) is 1.54. The highest BCUT2D eigenvalue weighted by atomic mass is 19.4. The van der Waals surface area contributed by atoms with E-state index in [9.17, 15) is 13.2 Å². The maximum atomic E-state index is 12.4. The van der Waals surface area contributed by atoms with Crippen molar-refractivity contribution in [2.24, 2.45) is 5.73 Å². The predicted molar refractivity (Wildman–Crippen MR) is 56.8 cm³/mol. The first-order valence-corrected chi connectivity index (χ1v) is 5.40. The van der Waals surface area contributed by atoms with Gasteiger partial charge >= 0.3 is 6.18 Å². The average molecular weight is 259 g/mol. The Labute approximate surface area is 99.2 Å². The van der Waals surface area contributed by atoms with Crippen LogP contribution in [0.1, 0.15) is 13.3 Å². The number of rotatable bonds is 9. The molecule has 0 aliphatic rings. The van der Waals surface area contributed by atoms with Crippen LogP contribution in [0.5, 0.6) is 0 Å². The summed E-state index contributed by atoms with van der Waals surface area (Å²) >= 11 is 0. The van der Waals surface area contributed by atoms with Gasteiger partial charge in [-0.05, 0) is 13.3 Å². The Kier molecular flexibility index (Phi) is 8.49. The highest BCUT2D eigenvalue weighted by Gasteiger charge is 2.42. The maximum Gasteiger partial charge on any atom is 0.416 e. The van der Waals surface area contributed by atoms with Crippen LogP contribution < -0.4 is 5.73 Å². The lowest BCUT2D eigenvalue weighted by Crippen LogP contribution is -2.45. The second-order valence-electron chi connectivity index (χ2n) is 3.65. The fourth-order valence-corrected chi connectivity index (χ4v) is 1.16. The van der Waals surface area contributed by atoms with E-state index in [4.69, 9.17) is 19.9 Å². The zero-order valence-corrected chi connectivity index (χ0v) is 10.1. The number of methoxy groups -OCH3 is 1. The summed E-state index contributed by atoms with van der Waals surface area (Å²) in [5.74, 6) is 0. The van der Waals surface area contributed by atoms with Gasteiger partial charge in [0.15, 0.2) is 6.10 Å². The molecule has 0 saturated carbocycles. The van der Waals surface area contributed by atoms with Gasteiger partial charge in [0.05, 0.1) is 13.2 Å². The number of nitrogens with two attached hydrogens (primary N) is 1. The molecular formula is C10H20F3NO3. The van der Waals surface area contributed by atoms with Gasteiger partial charge in [-0.25, -0.2) is 0 Å². The molecule has 2 unspecified atom stereocenters. The van der Waals surface area contributed by atoms with Crippen LogP contribution in [0.4, 0.5) is 13.2 Å². The van der Waals surface area contributed by atoms with E-state index in [1.54, 1.807) is 7.11 Å². The lowest BCUT2D eigenvalue weighted by atomic mass is 10.2. The minimum atomic E-state index is -4.43. The normalized spacial score (nSPS) is 15.9. The standard InChI is InChI=1S/C10H20F3NO3/c1-8(14)9(10(11,12)13)17-5-3-4-16-7-6-15-2/h8-9H,3-7,14H2,1-2H3. The Bertz CT molecular complexity index is 188. The Morgan fingerprint density at radius 3 is 2.24 bits per heavy atom. The van der Waals surface area contributed by atoms with E-state index in [1.807, 2.05) is 0 Å². The summed E-state index contributed by atoms with van der Waals surface area (Å²) in [5.41, 5.74) is 5.21. The Morgan fingerprint density at radius 1 is 1.12 bits per heavy atom. The molecule has 0 rings (SSSR count). The molecule has 0 radical (unpaired) electrons. The van der Waals surface area contributed by atoms with Gasteiger partial charge in [0, 0.05) is 26.4 Å². The van der Waals surface area contributed by atoms with Crippen molar-refractivity contribution >= 4 is 0 Å². The molecule has 104 valence electrons. The smallest absolute Gasteiger partial charge is 0.382 e. The molecule has 0 aliphatic carbocycles. The van der Waals surface area contributed by atoms with E-state index in [-0.39, 0.29) is 6.61 Å². The first kappa shape index (κ1) is 16.6. The Morgan fingerprint density at radius 2 is 1.76 bits per heavy atom. The summed E-state index contributed by atoms with van der Waals surface area (Å²) in [6.45, 7) is 2.47. The van der Waals surface area contributed by atoms with Crippen molar-refractivity contribution in [3.63, 3.8) is 0 Å². The van der Waals surface area contributed by atoms with Gasteiger partial charge in [0.1, 0.15) is 0 Å². The molecular weight excluding hydrogens is 239 g/mol. The molecule has 4 nitrogen and oxygen atoms in total. The van der Waals surface area contributed by atoms with E-state index < -0.39 is 18.3 Å². The van der Waals surface area contributed by atoms with E-state index in [2.05, 4.69) is 0 Å². The van der Waals surface area contributed by atoms with Crippen LogP contribution in [-0.2, 0) is 14.2 Å². The zero-order valence-electron chi connectivity index (χ0n) is 10.1. The molecule has 0 aliphatic heterocycles. The quantitative estimate of drug-likeness (QED) is 0.635. The van der Waals surface area contributed by atoms with Gasteiger partial charge in [0.2, 0.25) is 0 Å². The second kappa shape index (κ2) is 8.68. The number of halogens is 3. The predicted octanol–water partition coefficient (Wildman–Crippen LogP) is 1.33. The SMILES string of the molecule is COCCOCCCOC(C(C)N)C(F)(F)F. The van der Waals surface area contributed by atoms with Crippen LogP contribution in [0.2, 0.25) is 0 Å². The van der Waals surface area contributed by atoms with Gasteiger partial charge < -0.3 is 19.9 Å². The molecule has 17 heavy (non-hydrogen) atoms. The molecule has 2 N–H and O–H groups in total. The van der Waals surface area contributed by atoms with Crippen LogP contribution in [0, 0.1) is 0 Å². The third-order valence-electron chi connectivity index (χ3n) is 1.96. The third kappa shape index (κ3) is 8.37. The maximum absolute atomic E-state index is 12.4. The van der Waals surface area contributed by atoms with Crippen molar-refractivity contribution in [1.29, 1.82) is 0 Å². The third-order valence-corrected chi connectivity index (χ3v) is 1.96. The van der Waals surface area contributed by atoms with Crippen LogP contribution in [0.25, 0.3) is 0 Å². The van der Waals surface area contributed by atoms with Crippen molar-refractivity contribution in [2.75, 3.05) is 33.5 Å². The molecule has 0 spiro atoms. The number of hydrogen-bond donors (Lipinski definition) is 1. The minimum Gasteiger partial charge on any atom is -0.382 e. The van der Waals surface area contributed by atoms with Crippen molar-refractivity contribution in [3.05, 3.63) is 0 Å². The molecule has 0 amide bonds. The molecule has 2 atom stereocenters. The molecule has 0 fully saturated rings. The molecule has 0 heterocycles. The van der Waals surface area contributed by atoms with Crippen LogP contribution in [0.3, 0.4) is 0 Å². The highest BCUT2D eigenvalue weighted by Crippen LogP contribution is 2.24. The van der Waals surface area contributed by atoms with Crippen molar-refractivity contribution in [3.8, 4) is 0 Å². The highest BCUT2D eigenvalue weighted by molar-refractivity contribution is 4.76. The summed E-state index contributed by atoms with van der Waals surface area (Å²) in [6, 6.07) is -1.08. The van der Waals surface area contributed by atoms with E-state index >= 15 is 0 Å². The number of alkyl halides is 3. The largest absolute Gasteiger partial charge is 0.416 e. The summed E-state index contributed by atoms with van der Waals surface area (Å²) in [6.07, 6.45) is -5.95. The first-order chi connectivity index (χ1) is 7.89. The van der Waals surface area contributed by atoms with E-state index in [0.29, 0.717) is 26.2 Å². The Balaban J connectivity index is 3.63. The summed E-state index contributed by atoms with van der Waals surface area (Å²) < 4.78 is 51.7.